The van der Waals surface area contributed by atoms with Crippen LogP contribution in [0.25, 0.3) is 10.9 Å². The molecule has 152 valence electrons. The third-order valence-electron chi connectivity index (χ3n) is 5.41. The Labute approximate surface area is 174 Å². The molecule has 2 aromatic carbocycles. The lowest BCUT2D eigenvalue weighted by Gasteiger charge is -2.28. The molecule has 29 heavy (non-hydrogen) atoms. The van der Waals surface area contributed by atoms with Gasteiger partial charge in [-0.25, -0.2) is 0 Å². The molecule has 1 aromatic heterocycles. The minimum atomic E-state index is -0.129. The molecule has 4 rings (SSSR count). The summed E-state index contributed by atoms with van der Waals surface area (Å²) >= 11 is 5.95. The number of H-pyrrole nitrogens is 1. The van der Waals surface area contributed by atoms with Crippen LogP contribution < -0.4 is 10.1 Å². The number of carbonyl (C=O) groups excluding carboxylic acids is 1. The standard InChI is InChI=1S/C22H24ClN3O3/c1-28-22(27)15-4-2-5-17(12-15)24-21-20-18(25-26-21)6-3-7-19(20)29-13-14-8-10-16(23)11-9-14/h3,6-11,15,17H,2,4-5,12-13H2,1H3,(H2,24,25,26). The minimum absolute atomic E-state index is 0.0583. The Kier molecular flexibility index (Phi) is 5.90. The molecule has 2 atom stereocenters. The van der Waals surface area contributed by atoms with Crippen molar-refractivity contribution in [3.8, 4) is 5.75 Å². The number of hydrogen-bond donors (Lipinski definition) is 2. The molecule has 0 aliphatic heterocycles. The lowest BCUT2D eigenvalue weighted by molar-refractivity contribution is -0.146. The number of rotatable bonds is 6. The molecule has 0 radical (unpaired) electrons. The Hall–Kier alpha value is -2.73. The van der Waals surface area contributed by atoms with Gasteiger partial charge in [-0.15, -0.1) is 0 Å². The number of anilines is 1. The number of aromatic nitrogens is 2. The smallest absolute Gasteiger partial charge is 0.308 e. The van der Waals surface area contributed by atoms with Gasteiger partial charge in [-0.2, -0.15) is 5.10 Å². The predicted octanol–water partition coefficient (Wildman–Crippen LogP) is 4.94. The Morgan fingerprint density at radius 3 is 2.86 bits per heavy atom. The zero-order chi connectivity index (χ0) is 20.2. The van der Waals surface area contributed by atoms with Crippen LogP contribution >= 0.6 is 11.6 Å². The van der Waals surface area contributed by atoms with Crippen molar-refractivity contribution in [1.29, 1.82) is 0 Å². The zero-order valence-electron chi connectivity index (χ0n) is 16.3. The van der Waals surface area contributed by atoms with E-state index < -0.39 is 0 Å². The molecular weight excluding hydrogens is 390 g/mol. The van der Waals surface area contributed by atoms with Crippen LogP contribution in [0, 0.1) is 5.92 Å². The maximum Gasteiger partial charge on any atom is 0.308 e. The fourth-order valence-corrected chi connectivity index (χ4v) is 4.03. The van der Waals surface area contributed by atoms with E-state index in [1.165, 1.54) is 7.11 Å². The Morgan fingerprint density at radius 1 is 1.24 bits per heavy atom. The van der Waals surface area contributed by atoms with Crippen LogP contribution in [0.5, 0.6) is 5.75 Å². The van der Waals surface area contributed by atoms with Crippen molar-refractivity contribution in [2.45, 2.75) is 38.3 Å². The van der Waals surface area contributed by atoms with Gasteiger partial charge < -0.3 is 14.8 Å². The van der Waals surface area contributed by atoms with Gasteiger partial charge in [-0.3, -0.25) is 9.89 Å². The number of nitrogens with one attached hydrogen (secondary N) is 2. The van der Waals surface area contributed by atoms with E-state index in [1.807, 2.05) is 42.5 Å². The van der Waals surface area contributed by atoms with Crippen molar-refractivity contribution < 1.29 is 14.3 Å². The van der Waals surface area contributed by atoms with Crippen LogP contribution in [-0.2, 0) is 16.1 Å². The summed E-state index contributed by atoms with van der Waals surface area (Å²) in [4.78, 5) is 11.9. The van der Waals surface area contributed by atoms with Crippen LogP contribution in [0.4, 0.5) is 5.82 Å². The third-order valence-corrected chi connectivity index (χ3v) is 5.66. The summed E-state index contributed by atoms with van der Waals surface area (Å²) in [5.41, 5.74) is 1.94. The van der Waals surface area contributed by atoms with E-state index in [9.17, 15) is 4.79 Å². The molecule has 6 nitrogen and oxygen atoms in total. The first kappa shape index (κ1) is 19.6. The molecule has 0 bridgehead atoms. The number of nitrogens with zero attached hydrogens (tertiary/aromatic N) is 1. The van der Waals surface area contributed by atoms with Crippen molar-refractivity contribution in [2.75, 3.05) is 12.4 Å². The molecule has 1 fully saturated rings. The summed E-state index contributed by atoms with van der Waals surface area (Å²) in [6.45, 7) is 0.439. The molecule has 1 aliphatic carbocycles. The minimum Gasteiger partial charge on any atom is -0.488 e. The average molecular weight is 414 g/mol. The molecule has 1 aliphatic rings. The van der Waals surface area contributed by atoms with Crippen molar-refractivity contribution in [3.05, 3.63) is 53.1 Å². The summed E-state index contributed by atoms with van der Waals surface area (Å²) < 4.78 is 11.0. The molecule has 1 saturated carbocycles. The van der Waals surface area contributed by atoms with E-state index in [-0.39, 0.29) is 17.9 Å². The fraction of sp³-hybridized carbons (Fsp3) is 0.364. The lowest BCUT2D eigenvalue weighted by atomic mass is 9.85. The number of carbonyl (C=O) groups is 1. The quantitative estimate of drug-likeness (QED) is 0.560. The van der Waals surface area contributed by atoms with Crippen molar-refractivity contribution in [1.82, 2.24) is 10.2 Å². The van der Waals surface area contributed by atoms with Gasteiger partial charge in [-0.1, -0.05) is 36.2 Å². The highest BCUT2D eigenvalue weighted by Crippen LogP contribution is 2.34. The molecule has 0 saturated heterocycles. The van der Waals surface area contributed by atoms with E-state index in [0.29, 0.717) is 11.6 Å². The summed E-state index contributed by atoms with van der Waals surface area (Å²) in [6, 6.07) is 13.6. The highest BCUT2D eigenvalue weighted by Gasteiger charge is 2.28. The molecule has 0 amide bonds. The second kappa shape index (κ2) is 8.74. The Bertz CT molecular complexity index is 987. The first-order chi connectivity index (χ1) is 14.1. The number of hydrogen-bond acceptors (Lipinski definition) is 5. The second-order valence-electron chi connectivity index (χ2n) is 7.39. The maximum atomic E-state index is 11.9. The fourth-order valence-electron chi connectivity index (χ4n) is 3.90. The van der Waals surface area contributed by atoms with Gasteiger partial charge >= 0.3 is 5.97 Å². The van der Waals surface area contributed by atoms with Crippen molar-refractivity contribution >= 4 is 34.3 Å². The highest BCUT2D eigenvalue weighted by molar-refractivity contribution is 6.30. The number of benzene rings is 2. The average Bonchev–Trinajstić information content (AvgIpc) is 3.16. The summed E-state index contributed by atoms with van der Waals surface area (Å²) in [5.74, 6) is 1.32. The normalized spacial score (nSPS) is 19.1. The van der Waals surface area contributed by atoms with Crippen LogP contribution in [0.3, 0.4) is 0 Å². The second-order valence-corrected chi connectivity index (χ2v) is 7.83. The van der Waals surface area contributed by atoms with Crippen LogP contribution in [0.1, 0.15) is 31.2 Å². The summed E-state index contributed by atoms with van der Waals surface area (Å²) in [6.07, 6.45) is 3.60. The first-order valence-electron chi connectivity index (χ1n) is 9.82. The van der Waals surface area contributed by atoms with Gasteiger partial charge in [-0.05, 0) is 49.1 Å². The first-order valence-corrected chi connectivity index (χ1v) is 10.2. The molecule has 2 N–H and O–H groups in total. The van der Waals surface area contributed by atoms with E-state index in [4.69, 9.17) is 21.1 Å². The van der Waals surface area contributed by atoms with E-state index >= 15 is 0 Å². The summed E-state index contributed by atoms with van der Waals surface area (Å²) in [5, 5.41) is 12.7. The number of ether oxygens (including phenoxy) is 2. The third kappa shape index (κ3) is 4.48. The van der Waals surface area contributed by atoms with Gasteiger partial charge in [0.1, 0.15) is 12.4 Å². The SMILES string of the molecule is COC(=O)C1CCCC(Nc2n[nH]c3cccc(OCc4ccc(Cl)cc4)c23)C1. The van der Waals surface area contributed by atoms with E-state index in [0.717, 1.165) is 53.7 Å². The molecule has 3 aromatic rings. The molecular formula is C22H24ClN3O3. The number of esters is 1. The van der Waals surface area contributed by atoms with E-state index in [1.54, 1.807) is 0 Å². The number of halogens is 1. The maximum absolute atomic E-state index is 11.9. The largest absolute Gasteiger partial charge is 0.488 e. The topological polar surface area (TPSA) is 76.2 Å². The molecule has 2 unspecified atom stereocenters. The van der Waals surface area contributed by atoms with Gasteiger partial charge in [0, 0.05) is 11.1 Å². The highest BCUT2D eigenvalue weighted by atomic mass is 35.5. The monoisotopic (exact) mass is 413 g/mol. The molecule has 0 spiro atoms. The zero-order valence-corrected chi connectivity index (χ0v) is 17.0. The number of methoxy groups -OCH3 is 1. The number of aromatic amines is 1. The van der Waals surface area contributed by atoms with Gasteiger partial charge in [0.05, 0.1) is 23.9 Å². The van der Waals surface area contributed by atoms with Crippen LogP contribution in [-0.4, -0.2) is 29.3 Å². The van der Waals surface area contributed by atoms with Crippen molar-refractivity contribution in [3.63, 3.8) is 0 Å². The summed E-state index contributed by atoms with van der Waals surface area (Å²) in [7, 11) is 1.45. The molecule has 7 heteroatoms. The van der Waals surface area contributed by atoms with Crippen molar-refractivity contribution in [2.24, 2.45) is 5.92 Å². The van der Waals surface area contributed by atoms with E-state index in [2.05, 4.69) is 15.5 Å². The van der Waals surface area contributed by atoms with Crippen LogP contribution in [0.2, 0.25) is 5.02 Å². The number of fused-ring (bicyclic) bond motifs is 1. The molecule has 1 heterocycles. The Morgan fingerprint density at radius 2 is 2.07 bits per heavy atom. The predicted molar refractivity (Wildman–Crippen MR) is 113 cm³/mol. The van der Waals surface area contributed by atoms with Crippen LogP contribution in [0.15, 0.2) is 42.5 Å². The Balaban J connectivity index is 1.51. The van der Waals surface area contributed by atoms with Gasteiger partial charge in [0.2, 0.25) is 0 Å². The lowest BCUT2D eigenvalue weighted by Crippen LogP contribution is -2.31. The van der Waals surface area contributed by atoms with Gasteiger partial charge in [0.15, 0.2) is 5.82 Å². The van der Waals surface area contributed by atoms with Gasteiger partial charge in [0.25, 0.3) is 0 Å².